The number of sulfonamides is 1. The van der Waals surface area contributed by atoms with E-state index in [4.69, 9.17) is 0 Å². The Morgan fingerprint density at radius 1 is 1.33 bits per heavy atom. The van der Waals surface area contributed by atoms with Crippen LogP contribution in [-0.4, -0.2) is 38.8 Å². The summed E-state index contributed by atoms with van der Waals surface area (Å²) in [7, 11) is -1.95. The highest BCUT2D eigenvalue weighted by atomic mass is 32.2. The standard InChI is InChI=1S/C15H22N2O3S/c1-11-6-7-12(2)14(9-11)21(19,20)17-8-4-5-13(10-17)15(18)16-3/h6-7,9,13H,4-5,8,10H2,1-3H3,(H,16,18). The molecule has 0 aliphatic carbocycles. The third kappa shape index (κ3) is 3.27. The molecule has 0 radical (unpaired) electrons. The Kier molecular flexibility index (Phi) is 4.68. The zero-order valence-electron chi connectivity index (χ0n) is 12.7. The molecule has 1 N–H and O–H groups in total. The first-order valence-electron chi connectivity index (χ1n) is 7.15. The van der Waals surface area contributed by atoms with Gasteiger partial charge < -0.3 is 5.32 Å². The zero-order chi connectivity index (χ0) is 15.6. The Morgan fingerprint density at radius 2 is 2.05 bits per heavy atom. The largest absolute Gasteiger partial charge is 0.359 e. The highest BCUT2D eigenvalue weighted by molar-refractivity contribution is 7.89. The Labute approximate surface area is 126 Å². The molecule has 1 aromatic carbocycles. The molecule has 0 spiro atoms. The molecule has 1 fully saturated rings. The summed E-state index contributed by atoms with van der Waals surface area (Å²) < 4.78 is 27.1. The van der Waals surface area contributed by atoms with Crippen LogP contribution < -0.4 is 5.32 Å². The second-order valence-corrected chi connectivity index (χ2v) is 7.49. The number of nitrogens with one attached hydrogen (secondary N) is 1. The first-order chi connectivity index (χ1) is 9.86. The molecule has 1 heterocycles. The lowest BCUT2D eigenvalue weighted by Crippen LogP contribution is -2.44. The van der Waals surface area contributed by atoms with E-state index in [0.717, 1.165) is 17.5 Å². The van der Waals surface area contributed by atoms with Gasteiger partial charge in [-0.1, -0.05) is 12.1 Å². The van der Waals surface area contributed by atoms with Crippen LogP contribution in [0.2, 0.25) is 0 Å². The average molecular weight is 310 g/mol. The summed E-state index contributed by atoms with van der Waals surface area (Å²) in [5, 5.41) is 2.61. The number of carbonyl (C=O) groups is 1. The number of carbonyl (C=O) groups excluding carboxylic acids is 1. The Morgan fingerprint density at radius 3 is 2.71 bits per heavy atom. The van der Waals surface area contributed by atoms with Crippen molar-refractivity contribution in [3.05, 3.63) is 29.3 Å². The molecule has 1 saturated heterocycles. The SMILES string of the molecule is CNC(=O)C1CCCN(S(=O)(=O)c2cc(C)ccc2C)C1. The normalized spacial score (nSPS) is 20.2. The first-order valence-corrected chi connectivity index (χ1v) is 8.59. The molecule has 21 heavy (non-hydrogen) atoms. The summed E-state index contributed by atoms with van der Waals surface area (Å²) in [5.41, 5.74) is 1.65. The highest BCUT2D eigenvalue weighted by Gasteiger charge is 2.33. The molecule has 0 bridgehead atoms. The smallest absolute Gasteiger partial charge is 0.243 e. The van der Waals surface area contributed by atoms with Gasteiger partial charge in [0.05, 0.1) is 10.8 Å². The molecular weight excluding hydrogens is 288 g/mol. The van der Waals surface area contributed by atoms with E-state index in [2.05, 4.69) is 5.32 Å². The highest BCUT2D eigenvalue weighted by Crippen LogP contribution is 2.26. The van der Waals surface area contributed by atoms with Gasteiger partial charge in [0.25, 0.3) is 0 Å². The molecule has 1 aliphatic rings. The topological polar surface area (TPSA) is 66.5 Å². The monoisotopic (exact) mass is 310 g/mol. The summed E-state index contributed by atoms with van der Waals surface area (Å²) in [4.78, 5) is 12.1. The number of benzene rings is 1. The number of aryl methyl sites for hydroxylation is 2. The average Bonchev–Trinajstić information content (AvgIpc) is 2.49. The summed E-state index contributed by atoms with van der Waals surface area (Å²) in [5.74, 6) is -0.348. The van der Waals surface area contributed by atoms with Crippen LogP contribution in [-0.2, 0) is 14.8 Å². The van der Waals surface area contributed by atoms with E-state index in [1.54, 1.807) is 20.0 Å². The van der Waals surface area contributed by atoms with Crippen molar-refractivity contribution < 1.29 is 13.2 Å². The second-order valence-electron chi connectivity index (χ2n) is 5.59. The van der Waals surface area contributed by atoms with Gasteiger partial charge in [-0.2, -0.15) is 4.31 Å². The lowest BCUT2D eigenvalue weighted by atomic mass is 9.99. The van der Waals surface area contributed by atoms with Crippen molar-refractivity contribution in [3.8, 4) is 0 Å². The van der Waals surface area contributed by atoms with Gasteiger partial charge in [0.1, 0.15) is 0 Å². The fourth-order valence-electron chi connectivity index (χ4n) is 2.70. The Bertz CT molecular complexity index is 640. The van der Waals surface area contributed by atoms with Crippen LogP contribution >= 0.6 is 0 Å². The maximum absolute atomic E-state index is 12.8. The fourth-order valence-corrected chi connectivity index (χ4v) is 4.54. The molecule has 1 amide bonds. The lowest BCUT2D eigenvalue weighted by molar-refractivity contribution is -0.125. The number of hydrogen-bond donors (Lipinski definition) is 1. The molecule has 5 nitrogen and oxygen atoms in total. The molecular formula is C15H22N2O3S. The van der Waals surface area contributed by atoms with Gasteiger partial charge in [-0.15, -0.1) is 0 Å². The van der Waals surface area contributed by atoms with Gasteiger partial charge in [0.2, 0.25) is 15.9 Å². The van der Waals surface area contributed by atoms with E-state index in [9.17, 15) is 13.2 Å². The van der Waals surface area contributed by atoms with E-state index >= 15 is 0 Å². The molecule has 0 aromatic heterocycles. The van der Waals surface area contributed by atoms with Gasteiger partial charge in [0.15, 0.2) is 0 Å². The summed E-state index contributed by atoms with van der Waals surface area (Å²) in [6, 6.07) is 5.43. The van der Waals surface area contributed by atoms with Crippen LogP contribution in [0.3, 0.4) is 0 Å². The predicted molar refractivity (Wildman–Crippen MR) is 81.5 cm³/mol. The van der Waals surface area contributed by atoms with Crippen LogP contribution in [0.5, 0.6) is 0 Å². The summed E-state index contributed by atoms with van der Waals surface area (Å²) >= 11 is 0. The van der Waals surface area contributed by atoms with Crippen molar-refractivity contribution in [2.24, 2.45) is 5.92 Å². The number of rotatable bonds is 3. The molecule has 1 atom stereocenters. The number of amides is 1. The van der Waals surface area contributed by atoms with Gasteiger partial charge in [0, 0.05) is 20.1 Å². The second kappa shape index (κ2) is 6.15. The minimum atomic E-state index is -3.54. The van der Waals surface area contributed by atoms with E-state index in [-0.39, 0.29) is 18.4 Å². The number of hydrogen-bond acceptors (Lipinski definition) is 3. The van der Waals surface area contributed by atoms with Gasteiger partial charge >= 0.3 is 0 Å². The van der Waals surface area contributed by atoms with Gasteiger partial charge in [-0.25, -0.2) is 8.42 Å². The predicted octanol–water partition coefficient (Wildman–Crippen LogP) is 1.45. The van der Waals surface area contributed by atoms with Crippen molar-refractivity contribution in [2.45, 2.75) is 31.6 Å². The number of piperidine rings is 1. The number of nitrogens with zero attached hydrogens (tertiary/aromatic N) is 1. The van der Waals surface area contributed by atoms with E-state index in [1.165, 1.54) is 4.31 Å². The molecule has 1 aromatic rings. The Balaban J connectivity index is 2.31. The fraction of sp³-hybridized carbons (Fsp3) is 0.533. The Hall–Kier alpha value is -1.40. The van der Waals surface area contributed by atoms with Crippen molar-refractivity contribution >= 4 is 15.9 Å². The van der Waals surface area contributed by atoms with E-state index in [1.807, 2.05) is 19.1 Å². The van der Waals surface area contributed by atoms with Crippen LogP contribution in [0.1, 0.15) is 24.0 Å². The molecule has 1 aliphatic heterocycles. The summed E-state index contributed by atoms with van der Waals surface area (Å²) in [6.45, 7) is 4.41. The first kappa shape index (κ1) is 16.0. The van der Waals surface area contributed by atoms with Crippen molar-refractivity contribution in [1.29, 1.82) is 0 Å². The van der Waals surface area contributed by atoms with Crippen LogP contribution in [0, 0.1) is 19.8 Å². The van der Waals surface area contributed by atoms with Crippen LogP contribution in [0.4, 0.5) is 0 Å². The molecule has 0 saturated carbocycles. The zero-order valence-corrected chi connectivity index (χ0v) is 13.5. The minimum absolute atomic E-state index is 0.0872. The van der Waals surface area contributed by atoms with Crippen LogP contribution in [0.15, 0.2) is 23.1 Å². The maximum Gasteiger partial charge on any atom is 0.243 e. The third-order valence-electron chi connectivity index (χ3n) is 3.96. The lowest BCUT2D eigenvalue weighted by Gasteiger charge is -2.31. The van der Waals surface area contributed by atoms with Crippen molar-refractivity contribution in [1.82, 2.24) is 9.62 Å². The van der Waals surface area contributed by atoms with Crippen molar-refractivity contribution in [2.75, 3.05) is 20.1 Å². The van der Waals surface area contributed by atoms with Gasteiger partial charge in [-0.05, 0) is 43.9 Å². The summed E-state index contributed by atoms with van der Waals surface area (Å²) in [6.07, 6.45) is 1.45. The minimum Gasteiger partial charge on any atom is -0.359 e. The molecule has 1 unspecified atom stereocenters. The molecule has 2 rings (SSSR count). The molecule has 6 heteroatoms. The molecule has 116 valence electrons. The third-order valence-corrected chi connectivity index (χ3v) is 5.97. The van der Waals surface area contributed by atoms with Crippen molar-refractivity contribution in [3.63, 3.8) is 0 Å². The van der Waals surface area contributed by atoms with Gasteiger partial charge in [-0.3, -0.25) is 4.79 Å². The van der Waals surface area contributed by atoms with Crippen LogP contribution in [0.25, 0.3) is 0 Å². The quantitative estimate of drug-likeness (QED) is 0.919. The maximum atomic E-state index is 12.8. The van der Waals surface area contributed by atoms with E-state index in [0.29, 0.717) is 17.9 Å². The van der Waals surface area contributed by atoms with E-state index < -0.39 is 10.0 Å².